The van der Waals surface area contributed by atoms with Crippen LogP contribution < -0.4 is 15.0 Å². The van der Waals surface area contributed by atoms with E-state index in [-0.39, 0.29) is 17.7 Å². The van der Waals surface area contributed by atoms with Gasteiger partial charge in [-0.05, 0) is 31.0 Å². The van der Waals surface area contributed by atoms with Crippen LogP contribution in [0.25, 0.3) is 0 Å². The van der Waals surface area contributed by atoms with Crippen molar-refractivity contribution in [3.63, 3.8) is 0 Å². The van der Waals surface area contributed by atoms with Crippen LogP contribution in [0.15, 0.2) is 22.7 Å². The number of nitrogens with zero attached hydrogens (tertiary/aromatic N) is 1. The number of amides is 2. The lowest BCUT2D eigenvalue weighted by Crippen LogP contribution is -2.64. The van der Waals surface area contributed by atoms with Gasteiger partial charge in [-0.3, -0.25) is 14.5 Å². The summed E-state index contributed by atoms with van der Waals surface area (Å²) in [5.41, 5.74) is 0.602. The second kappa shape index (κ2) is 6.05. The summed E-state index contributed by atoms with van der Waals surface area (Å²) >= 11 is 3.40. The van der Waals surface area contributed by atoms with Gasteiger partial charge in [0.1, 0.15) is 17.8 Å². The van der Waals surface area contributed by atoms with Gasteiger partial charge in [-0.1, -0.05) is 29.8 Å². The molecular weight excluding hydrogens is 336 g/mol. The Balaban J connectivity index is 2.51. The fraction of sp³-hybridized carbons (Fsp3) is 0.467. The molecule has 1 aromatic carbocycles. The number of rotatable bonds is 3. The summed E-state index contributed by atoms with van der Waals surface area (Å²) < 4.78 is 6.16. The number of methoxy groups -OCH3 is 1. The molecule has 1 N–H and O–H groups in total. The van der Waals surface area contributed by atoms with Crippen LogP contribution in [0.1, 0.15) is 20.8 Å². The first kappa shape index (κ1) is 15.8. The van der Waals surface area contributed by atoms with E-state index in [2.05, 4.69) is 21.2 Å². The summed E-state index contributed by atoms with van der Waals surface area (Å²) in [6, 6.07) is 4.31. The van der Waals surface area contributed by atoms with E-state index in [1.807, 2.05) is 19.9 Å². The third-order valence-electron chi connectivity index (χ3n) is 3.64. The largest absolute Gasteiger partial charge is 0.495 e. The third kappa shape index (κ3) is 2.90. The highest BCUT2D eigenvalue weighted by Gasteiger charge is 2.41. The van der Waals surface area contributed by atoms with Crippen molar-refractivity contribution < 1.29 is 14.3 Å². The number of hydrogen-bond acceptors (Lipinski definition) is 3. The highest BCUT2D eigenvalue weighted by molar-refractivity contribution is 9.10. The lowest BCUT2D eigenvalue weighted by molar-refractivity contribution is -0.134. The quantitative estimate of drug-likeness (QED) is 0.906. The Morgan fingerprint density at radius 3 is 2.57 bits per heavy atom. The SMILES string of the molecule is COc1ccc(Br)cc1N1C(=O)C(C(C)C)NC(=O)C1C. The van der Waals surface area contributed by atoms with E-state index in [9.17, 15) is 9.59 Å². The maximum Gasteiger partial charge on any atom is 0.250 e. The minimum Gasteiger partial charge on any atom is -0.495 e. The number of ether oxygens (including phenoxy) is 1. The number of carbonyl (C=O) groups is 2. The van der Waals surface area contributed by atoms with Gasteiger partial charge in [-0.25, -0.2) is 0 Å². The molecule has 2 unspecified atom stereocenters. The minimum absolute atomic E-state index is 0.0228. The summed E-state index contributed by atoms with van der Waals surface area (Å²) in [4.78, 5) is 26.4. The van der Waals surface area contributed by atoms with E-state index in [0.717, 1.165) is 4.47 Å². The predicted octanol–water partition coefficient (Wildman–Crippen LogP) is 2.33. The maximum absolute atomic E-state index is 12.7. The molecule has 0 aliphatic carbocycles. The fourth-order valence-corrected chi connectivity index (χ4v) is 2.77. The van der Waals surface area contributed by atoms with Gasteiger partial charge in [0.15, 0.2) is 0 Å². The van der Waals surface area contributed by atoms with Crippen LogP contribution in [0.3, 0.4) is 0 Å². The van der Waals surface area contributed by atoms with Crippen molar-refractivity contribution in [2.45, 2.75) is 32.9 Å². The van der Waals surface area contributed by atoms with E-state index in [0.29, 0.717) is 11.4 Å². The summed E-state index contributed by atoms with van der Waals surface area (Å²) in [7, 11) is 1.55. The number of anilines is 1. The predicted molar refractivity (Wildman–Crippen MR) is 84.4 cm³/mol. The first-order chi connectivity index (χ1) is 9.86. The molecule has 1 fully saturated rings. The number of halogens is 1. The molecule has 1 aromatic rings. The van der Waals surface area contributed by atoms with Crippen LogP contribution in [0.2, 0.25) is 0 Å². The van der Waals surface area contributed by atoms with Crippen molar-refractivity contribution in [1.82, 2.24) is 5.32 Å². The Hall–Kier alpha value is -1.56. The molecule has 0 aromatic heterocycles. The van der Waals surface area contributed by atoms with Gasteiger partial charge in [0.25, 0.3) is 5.91 Å². The standard InChI is InChI=1S/C15H19BrN2O3/c1-8(2)13-15(20)18(9(3)14(19)17-13)11-7-10(16)5-6-12(11)21-4/h5-9,13H,1-4H3,(H,17,19). The molecule has 2 amide bonds. The minimum atomic E-state index is -0.573. The van der Waals surface area contributed by atoms with Gasteiger partial charge in [0.2, 0.25) is 5.91 Å². The molecule has 5 nitrogen and oxygen atoms in total. The molecule has 0 radical (unpaired) electrons. The van der Waals surface area contributed by atoms with Gasteiger partial charge in [0.05, 0.1) is 12.8 Å². The molecule has 0 spiro atoms. The number of piperazine rings is 1. The van der Waals surface area contributed by atoms with Crippen molar-refractivity contribution in [2.24, 2.45) is 5.92 Å². The average Bonchev–Trinajstić information content (AvgIpc) is 2.43. The molecule has 2 atom stereocenters. The van der Waals surface area contributed by atoms with Crippen molar-refractivity contribution in [3.8, 4) is 5.75 Å². The monoisotopic (exact) mass is 354 g/mol. The molecule has 1 aliphatic heterocycles. The average molecular weight is 355 g/mol. The molecule has 21 heavy (non-hydrogen) atoms. The van der Waals surface area contributed by atoms with Crippen molar-refractivity contribution >= 4 is 33.4 Å². The molecule has 0 saturated carbocycles. The Morgan fingerprint density at radius 2 is 2.00 bits per heavy atom. The second-order valence-electron chi connectivity index (χ2n) is 5.43. The molecule has 0 bridgehead atoms. The molecule has 2 rings (SSSR count). The van der Waals surface area contributed by atoms with E-state index < -0.39 is 12.1 Å². The van der Waals surface area contributed by atoms with Gasteiger partial charge >= 0.3 is 0 Å². The lowest BCUT2D eigenvalue weighted by Gasteiger charge is -2.39. The molecule has 1 saturated heterocycles. The van der Waals surface area contributed by atoms with Gasteiger partial charge in [-0.2, -0.15) is 0 Å². The Labute approximate surface area is 132 Å². The van der Waals surface area contributed by atoms with E-state index in [1.54, 1.807) is 26.2 Å². The van der Waals surface area contributed by atoms with Crippen LogP contribution in [-0.4, -0.2) is 31.0 Å². The third-order valence-corrected chi connectivity index (χ3v) is 4.13. The summed E-state index contributed by atoms with van der Waals surface area (Å²) in [6.45, 7) is 5.54. The maximum atomic E-state index is 12.7. The smallest absolute Gasteiger partial charge is 0.250 e. The van der Waals surface area contributed by atoms with Gasteiger partial charge in [0, 0.05) is 4.47 Å². The van der Waals surface area contributed by atoms with Gasteiger partial charge < -0.3 is 10.1 Å². The van der Waals surface area contributed by atoms with Crippen LogP contribution in [0.4, 0.5) is 5.69 Å². The summed E-state index contributed by atoms with van der Waals surface area (Å²) in [5.74, 6) is 0.314. The van der Waals surface area contributed by atoms with Crippen LogP contribution in [0, 0.1) is 5.92 Å². The van der Waals surface area contributed by atoms with E-state index >= 15 is 0 Å². The van der Waals surface area contributed by atoms with Crippen molar-refractivity contribution in [1.29, 1.82) is 0 Å². The Kier molecular flexibility index (Phi) is 4.56. The number of nitrogens with one attached hydrogen (secondary N) is 1. The number of hydrogen-bond donors (Lipinski definition) is 1. The van der Waals surface area contributed by atoms with Crippen LogP contribution in [-0.2, 0) is 9.59 Å². The molecule has 1 heterocycles. The number of carbonyl (C=O) groups excluding carboxylic acids is 2. The second-order valence-corrected chi connectivity index (χ2v) is 6.35. The van der Waals surface area contributed by atoms with E-state index in [4.69, 9.17) is 4.74 Å². The zero-order valence-corrected chi connectivity index (χ0v) is 14.1. The Morgan fingerprint density at radius 1 is 1.33 bits per heavy atom. The molecule has 1 aliphatic rings. The Bertz CT molecular complexity index is 574. The zero-order valence-electron chi connectivity index (χ0n) is 12.5. The topological polar surface area (TPSA) is 58.6 Å². The van der Waals surface area contributed by atoms with Crippen molar-refractivity contribution in [3.05, 3.63) is 22.7 Å². The van der Waals surface area contributed by atoms with Gasteiger partial charge in [-0.15, -0.1) is 0 Å². The zero-order chi connectivity index (χ0) is 15.7. The van der Waals surface area contributed by atoms with Crippen molar-refractivity contribution in [2.75, 3.05) is 12.0 Å². The van der Waals surface area contributed by atoms with Crippen LogP contribution in [0.5, 0.6) is 5.75 Å². The summed E-state index contributed by atoms with van der Waals surface area (Å²) in [6.07, 6.45) is 0. The highest BCUT2D eigenvalue weighted by atomic mass is 79.9. The number of benzene rings is 1. The highest BCUT2D eigenvalue weighted by Crippen LogP contribution is 2.34. The van der Waals surface area contributed by atoms with Crippen LogP contribution >= 0.6 is 15.9 Å². The normalized spacial score (nSPS) is 22.5. The fourth-order valence-electron chi connectivity index (χ4n) is 2.42. The lowest BCUT2D eigenvalue weighted by atomic mass is 9.97. The first-order valence-corrected chi connectivity index (χ1v) is 7.63. The summed E-state index contributed by atoms with van der Waals surface area (Å²) in [5, 5.41) is 2.78. The van der Waals surface area contributed by atoms with E-state index in [1.165, 1.54) is 4.90 Å². The first-order valence-electron chi connectivity index (χ1n) is 6.83. The molecule has 6 heteroatoms. The molecular formula is C15H19BrN2O3. The molecule has 114 valence electrons.